The number of nitrogens with one attached hydrogen (secondary N) is 1. The van der Waals surface area contributed by atoms with Crippen LogP contribution in [-0.2, 0) is 22.6 Å². The highest BCUT2D eigenvalue weighted by molar-refractivity contribution is 5.80. The van der Waals surface area contributed by atoms with Crippen LogP contribution in [0.3, 0.4) is 0 Å². The van der Waals surface area contributed by atoms with Gasteiger partial charge in [0.05, 0.1) is 0 Å². The van der Waals surface area contributed by atoms with Gasteiger partial charge in [0.15, 0.2) is 0 Å². The van der Waals surface area contributed by atoms with Crippen LogP contribution in [0.1, 0.15) is 30.6 Å². The number of piperidine rings is 1. The summed E-state index contributed by atoms with van der Waals surface area (Å²) >= 11 is 0. The minimum Gasteiger partial charge on any atom is -0.461 e. The van der Waals surface area contributed by atoms with Crippen molar-refractivity contribution in [2.24, 2.45) is 5.92 Å². The Morgan fingerprint density at radius 2 is 1.84 bits per heavy atom. The quantitative estimate of drug-likeness (QED) is 0.634. The van der Waals surface area contributed by atoms with Crippen LogP contribution in [0.2, 0.25) is 0 Å². The van der Waals surface area contributed by atoms with E-state index in [2.05, 4.69) is 10.3 Å². The van der Waals surface area contributed by atoms with Crippen LogP contribution >= 0.6 is 0 Å². The lowest BCUT2D eigenvalue weighted by molar-refractivity contribution is -0.135. The van der Waals surface area contributed by atoms with E-state index in [1.165, 1.54) is 0 Å². The SMILES string of the molecule is O=C(NCc1cccnc1)C1CCN(C(=O)CCc2ccc(-c3ccccc3)o2)CC1. The third-order valence-corrected chi connectivity index (χ3v) is 5.71. The summed E-state index contributed by atoms with van der Waals surface area (Å²) in [4.78, 5) is 31.0. The first-order valence-electron chi connectivity index (χ1n) is 10.8. The maximum atomic E-state index is 12.6. The predicted octanol–water partition coefficient (Wildman–Crippen LogP) is 3.83. The number of amides is 2. The van der Waals surface area contributed by atoms with E-state index in [1.54, 1.807) is 12.4 Å². The van der Waals surface area contributed by atoms with Crippen LogP contribution < -0.4 is 5.32 Å². The largest absolute Gasteiger partial charge is 0.461 e. The van der Waals surface area contributed by atoms with Crippen LogP contribution in [0.15, 0.2) is 71.4 Å². The minimum absolute atomic E-state index is 0.0424. The smallest absolute Gasteiger partial charge is 0.223 e. The van der Waals surface area contributed by atoms with E-state index in [4.69, 9.17) is 4.42 Å². The molecule has 1 saturated heterocycles. The molecule has 31 heavy (non-hydrogen) atoms. The highest BCUT2D eigenvalue weighted by Gasteiger charge is 2.27. The van der Waals surface area contributed by atoms with E-state index in [1.807, 2.05) is 59.5 Å². The zero-order chi connectivity index (χ0) is 21.5. The van der Waals surface area contributed by atoms with Crippen molar-refractivity contribution in [2.45, 2.75) is 32.2 Å². The molecule has 1 aromatic carbocycles. The highest BCUT2D eigenvalue weighted by Crippen LogP contribution is 2.23. The molecule has 0 radical (unpaired) electrons. The van der Waals surface area contributed by atoms with Gasteiger partial charge in [-0.2, -0.15) is 0 Å². The molecule has 6 nitrogen and oxygen atoms in total. The van der Waals surface area contributed by atoms with Gasteiger partial charge in [-0.25, -0.2) is 0 Å². The van der Waals surface area contributed by atoms with Crippen LogP contribution in [0.4, 0.5) is 0 Å². The van der Waals surface area contributed by atoms with Gasteiger partial charge in [0.1, 0.15) is 11.5 Å². The van der Waals surface area contributed by atoms with Gasteiger partial charge < -0.3 is 14.6 Å². The standard InChI is InChI=1S/C25H27N3O3/c29-24(11-9-22-8-10-23(31-22)20-6-2-1-3-7-20)28-15-12-21(13-16-28)25(30)27-18-19-5-4-14-26-17-19/h1-8,10,14,17,21H,9,11-13,15-16,18H2,(H,27,30). The first-order chi connectivity index (χ1) is 15.2. The monoisotopic (exact) mass is 417 g/mol. The van der Waals surface area contributed by atoms with Crippen molar-refractivity contribution < 1.29 is 14.0 Å². The number of nitrogens with zero attached hydrogens (tertiary/aromatic N) is 2. The molecule has 160 valence electrons. The second kappa shape index (κ2) is 10.1. The second-order valence-corrected chi connectivity index (χ2v) is 7.87. The van der Waals surface area contributed by atoms with Crippen molar-refractivity contribution in [1.29, 1.82) is 0 Å². The number of aromatic nitrogens is 1. The lowest BCUT2D eigenvalue weighted by Gasteiger charge is -2.31. The third-order valence-electron chi connectivity index (χ3n) is 5.71. The van der Waals surface area contributed by atoms with Gasteiger partial charge in [-0.1, -0.05) is 36.4 Å². The fourth-order valence-electron chi connectivity index (χ4n) is 3.89. The molecular formula is C25H27N3O3. The van der Waals surface area contributed by atoms with Gasteiger partial charge in [-0.15, -0.1) is 0 Å². The molecule has 0 saturated carbocycles. The Balaban J connectivity index is 1.20. The van der Waals surface area contributed by atoms with Crippen LogP contribution in [0.25, 0.3) is 11.3 Å². The fourth-order valence-corrected chi connectivity index (χ4v) is 3.89. The van der Waals surface area contributed by atoms with E-state index in [9.17, 15) is 9.59 Å². The summed E-state index contributed by atoms with van der Waals surface area (Å²) in [5.41, 5.74) is 2.01. The molecule has 1 aliphatic rings. The number of likely N-dealkylation sites (tertiary alicyclic amines) is 1. The predicted molar refractivity (Wildman–Crippen MR) is 118 cm³/mol. The Hall–Kier alpha value is -3.41. The van der Waals surface area contributed by atoms with Crippen molar-refractivity contribution >= 4 is 11.8 Å². The molecule has 3 aromatic rings. The Kier molecular flexibility index (Phi) is 6.77. The van der Waals surface area contributed by atoms with Gasteiger partial charge in [0.2, 0.25) is 11.8 Å². The molecule has 0 spiro atoms. The summed E-state index contributed by atoms with van der Waals surface area (Å²) in [5, 5.41) is 2.98. The summed E-state index contributed by atoms with van der Waals surface area (Å²) < 4.78 is 5.89. The van der Waals surface area contributed by atoms with Gasteiger partial charge in [-0.3, -0.25) is 14.6 Å². The number of benzene rings is 1. The van der Waals surface area contributed by atoms with Crippen molar-refractivity contribution in [3.63, 3.8) is 0 Å². The van der Waals surface area contributed by atoms with E-state index in [-0.39, 0.29) is 17.7 Å². The van der Waals surface area contributed by atoms with Gasteiger partial charge in [0.25, 0.3) is 0 Å². The van der Waals surface area contributed by atoms with E-state index in [0.717, 1.165) is 22.6 Å². The molecule has 3 heterocycles. The maximum absolute atomic E-state index is 12.6. The Morgan fingerprint density at radius 3 is 2.58 bits per heavy atom. The Morgan fingerprint density at radius 1 is 1.03 bits per heavy atom. The van der Waals surface area contributed by atoms with Crippen molar-refractivity contribution in [2.75, 3.05) is 13.1 Å². The number of pyridine rings is 1. The summed E-state index contributed by atoms with van der Waals surface area (Å²) in [6.45, 7) is 1.73. The van der Waals surface area contributed by atoms with E-state index in [0.29, 0.717) is 45.3 Å². The molecule has 0 bridgehead atoms. The maximum Gasteiger partial charge on any atom is 0.223 e. The third kappa shape index (κ3) is 5.60. The Labute approximate surface area is 182 Å². The zero-order valence-corrected chi connectivity index (χ0v) is 17.5. The van der Waals surface area contributed by atoms with Crippen molar-refractivity contribution in [1.82, 2.24) is 15.2 Å². The first-order valence-corrected chi connectivity index (χ1v) is 10.8. The lowest BCUT2D eigenvalue weighted by atomic mass is 9.95. The summed E-state index contributed by atoms with van der Waals surface area (Å²) in [6.07, 6.45) is 5.86. The van der Waals surface area contributed by atoms with Crippen molar-refractivity contribution in [3.05, 3.63) is 78.3 Å². The average molecular weight is 418 g/mol. The molecule has 4 rings (SSSR count). The Bertz CT molecular complexity index is 993. The number of carbonyl (C=O) groups excluding carboxylic acids is 2. The summed E-state index contributed by atoms with van der Waals surface area (Å²) in [6, 6.07) is 17.6. The number of carbonyl (C=O) groups is 2. The second-order valence-electron chi connectivity index (χ2n) is 7.87. The molecule has 6 heteroatoms. The molecule has 2 amide bonds. The summed E-state index contributed by atoms with van der Waals surface area (Å²) in [7, 11) is 0. The molecule has 0 unspecified atom stereocenters. The molecule has 1 aliphatic heterocycles. The molecule has 1 N–H and O–H groups in total. The molecular weight excluding hydrogens is 390 g/mol. The van der Waals surface area contributed by atoms with Crippen LogP contribution in [-0.4, -0.2) is 34.8 Å². The normalized spacial score (nSPS) is 14.4. The van der Waals surface area contributed by atoms with Gasteiger partial charge in [0, 0.05) is 56.4 Å². The van der Waals surface area contributed by atoms with Crippen molar-refractivity contribution in [3.8, 4) is 11.3 Å². The highest BCUT2D eigenvalue weighted by atomic mass is 16.3. The van der Waals surface area contributed by atoms with E-state index >= 15 is 0 Å². The molecule has 0 aliphatic carbocycles. The van der Waals surface area contributed by atoms with Crippen LogP contribution in [0.5, 0.6) is 0 Å². The minimum atomic E-state index is -0.0424. The summed E-state index contributed by atoms with van der Waals surface area (Å²) in [5.74, 6) is 1.77. The molecule has 1 fully saturated rings. The zero-order valence-electron chi connectivity index (χ0n) is 17.5. The number of hydrogen-bond acceptors (Lipinski definition) is 4. The number of aryl methyl sites for hydroxylation is 1. The van der Waals surface area contributed by atoms with Crippen LogP contribution in [0, 0.1) is 5.92 Å². The van der Waals surface area contributed by atoms with E-state index < -0.39 is 0 Å². The fraction of sp³-hybridized carbons (Fsp3) is 0.320. The lowest BCUT2D eigenvalue weighted by Crippen LogP contribution is -2.43. The first kappa shape index (κ1) is 20.8. The molecule has 0 atom stereocenters. The number of hydrogen-bond donors (Lipinski definition) is 1. The van der Waals surface area contributed by atoms with Gasteiger partial charge in [-0.05, 0) is 36.6 Å². The molecule has 2 aromatic heterocycles. The topological polar surface area (TPSA) is 75.4 Å². The number of rotatable bonds is 7. The average Bonchev–Trinajstić information content (AvgIpc) is 3.31. The van der Waals surface area contributed by atoms with Gasteiger partial charge >= 0.3 is 0 Å². The number of furan rings is 1.